The number of hydrogen-bond donors (Lipinski definition) is 2. The quantitative estimate of drug-likeness (QED) is 0.759. The summed E-state index contributed by atoms with van der Waals surface area (Å²) in [7, 11) is 1.64. The van der Waals surface area contributed by atoms with Gasteiger partial charge in [-0.1, -0.05) is 0 Å². The number of piperidine rings is 1. The van der Waals surface area contributed by atoms with Crippen LogP contribution in [0.15, 0.2) is 18.2 Å². The molecule has 30 heavy (non-hydrogen) atoms. The number of carbonyl (C=O) groups excluding carboxylic acids is 1. The Hall–Kier alpha value is -2.03. The first kappa shape index (κ1) is 19.9. The van der Waals surface area contributed by atoms with Gasteiger partial charge in [0.15, 0.2) is 11.5 Å². The molecular weight excluding hydrogens is 388 g/mol. The zero-order valence-corrected chi connectivity index (χ0v) is 17.3. The highest BCUT2D eigenvalue weighted by Gasteiger charge is 2.49. The van der Waals surface area contributed by atoms with Crippen LogP contribution in [0.3, 0.4) is 0 Å². The van der Waals surface area contributed by atoms with Crippen LogP contribution in [0.4, 0.5) is 0 Å². The number of aliphatic hydroxyl groups is 1. The van der Waals surface area contributed by atoms with Crippen LogP contribution < -0.4 is 19.5 Å². The lowest BCUT2D eigenvalue weighted by molar-refractivity contribution is -0.157. The minimum Gasteiger partial charge on any atom is -0.488 e. The standard InChI is InChI=1S/C22H30N2O6/c1-27-22(4-6-23-7-5-22)21(26)24-11-14-8-17(25)19(9-15(14)12-24)30-16-2-3-18-20(10-16)29-13-28-18/h2-3,10,14-15,17,19,23,25H,4-9,11-13H2,1H3/t14-,15+,17+,19+/m0/s1. The van der Waals surface area contributed by atoms with Gasteiger partial charge in [-0.15, -0.1) is 0 Å². The second kappa shape index (κ2) is 7.90. The van der Waals surface area contributed by atoms with Gasteiger partial charge in [0.05, 0.1) is 6.10 Å². The summed E-state index contributed by atoms with van der Waals surface area (Å²) in [5.74, 6) is 2.77. The SMILES string of the molecule is COC1(C(=O)N2C[C@H]3C[C@@H](Oc4ccc5c(c4)OCO5)[C@H](O)C[C@H]3C2)CCNCC1. The molecule has 4 atom stereocenters. The Morgan fingerprint density at radius 3 is 2.67 bits per heavy atom. The lowest BCUT2D eigenvalue weighted by atomic mass is 9.78. The molecule has 8 heteroatoms. The van der Waals surface area contributed by atoms with Gasteiger partial charge in [0, 0.05) is 26.3 Å². The van der Waals surface area contributed by atoms with E-state index in [0.717, 1.165) is 19.5 Å². The molecular formula is C22H30N2O6. The van der Waals surface area contributed by atoms with E-state index < -0.39 is 11.7 Å². The highest BCUT2D eigenvalue weighted by Crippen LogP contribution is 2.41. The Kier molecular flexibility index (Phi) is 5.24. The number of amides is 1. The van der Waals surface area contributed by atoms with E-state index in [1.807, 2.05) is 23.1 Å². The molecule has 0 aromatic heterocycles. The van der Waals surface area contributed by atoms with E-state index in [2.05, 4.69) is 5.32 Å². The highest BCUT2D eigenvalue weighted by molar-refractivity contribution is 5.85. The fraction of sp³-hybridized carbons (Fsp3) is 0.682. The van der Waals surface area contributed by atoms with Crippen LogP contribution >= 0.6 is 0 Å². The second-order valence-electron chi connectivity index (χ2n) is 8.89. The summed E-state index contributed by atoms with van der Waals surface area (Å²) < 4.78 is 22.6. The summed E-state index contributed by atoms with van der Waals surface area (Å²) >= 11 is 0. The van der Waals surface area contributed by atoms with Crippen molar-refractivity contribution in [3.05, 3.63) is 18.2 Å². The molecule has 0 bridgehead atoms. The van der Waals surface area contributed by atoms with Gasteiger partial charge in [0.1, 0.15) is 17.5 Å². The number of likely N-dealkylation sites (tertiary alicyclic amines) is 1. The summed E-state index contributed by atoms with van der Waals surface area (Å²) in [5.41, 5.74) is -0.709. The maximum absolute atomic E-state index is 13.3. The summed E-state index contributed by atoms with van der Waals surface area (Å²) in [6, 6.07) is 5.48. The Balaban J connectivity index is 1.24. The molecule has 2 saturated heterocycles. The summed E-state index contributed by atoms with van der Waals surface area (Å²) in [6.45, 7) is 3.21. The largest absolute Gasteiger partial charge is 0.488 e. The van der Waals surface area contributed by atoms with Crippen molar-refractivity contribution in [1.29, 1.82) is 0 Å². The average molecular weight is 418 g/mol. The smallest absolute Gasteiger partial charge is 0.254 e. The first-order valence-electron chi connectivity index (χ1n) is 10.9. The third kappa shape index (κ3) is 3.50. The zero-order chi connectivity index (χ0) is 20.7. The van der Waals surface area contributed by atoms with Crippen molar-refractivity contribution in [2.24, 2.45) is 11.8 Å². The first-order chi connectivity index (χ1) is 14.6. The number of aliphatic hydroxyl groups excluding tert-OH is 1. The van der Waals surface area contributed by atoms with Crippen molar-refractivity contribution >= 4 is 5.91 Å². The Morgan fingerprint density at radius 2 is 1.90 bits per heavy atom. The molecule has 3 aliphatic heterocycles. The molecule has 1 saturated carbocycles. The summed E-state index contributed by atoms with van der Waals surface area (Å²) in [4.78, 5) is 15.3. The molecule has 1 aromatic carbocycles. The van der Waals surface area contributed by atoms with E-state index >= 15 is 0 Å². The number of methoxy groups -OCH3 is 1. The molecule has 3 heterocycles. The molecule has 0 radical (unpaired) electrons. The molecule has 2 N–H and O–H groups in total. The van der Waals surface area contributed by atoms with Crippen LogP contribution in [0.1, 0.15) is 25.7 Å². The van der Waals surface area contributed by atoms with E-state index in [-0.39, 0.29) is 18.8 Å². The number of fused-ring (bicyclic) bond motifs is 2. The van der Waals surface area contributed by atoms with Crippen molar-refractivity contribution in [3.8, 4) is 17.2 Å². The van der Waals surface area contributed by atoms with Gasteiger partial charge < -0.3 is 34.3 Å². The normalized spacial score (nSPS) is 32.0. The van der Waals surface area contributed by atoms with Crippen LogP contribution in [0.2, 0.25) is 0 Å². The molecule has 1 aromatic rings. The maximum atomic E-state index is 13.3. The van der Waals surface area contributed by atoms with Crippen LogP contribution in [-0.4, -0.2) is 73.8 Å². The van der Waals surface area contributed by atoms with Crippen LogP contribution in [-0.2, 0) is 9.53 Å². The number of hydrogen-bond acceptors (Lipinski definition) is 7. The fourth-order valence-electron chi connectivity index (χ4n) is 5.43. The molecule has 3 fully saturated rings. The second-order valence-corrected chi connectivity index (χ2v) is 8.89. The lowest BCUT2D eigenvalue weighted by Gasteiger charge is -2.37. The summed E-state index contributed by atoms with van der Waals surface area (Å²) in [6.07, 6.45) is 1.93. The van der Waals surface area contributed by atoms with Crippen molar-refractivity contribution < 1.29 is 28.8 Å². The molecule has 5 rings (SSSR count). The summed E-state index contributed by atoms with van der Waals surface area (Å²) in [5, 5.41) is 14.0. The highest BCUT2D eigenvalue weighted by atomic mass is 16.7. The van der Waals surface area contributed by atoms with E-state index in [9.17, 15) is 9.90 Å². The van der Waals surface area contributed by atoms with Gasteiger partial charge >= 0.3 is 0 Å². The topological polar surface area (TPSA) is 89.5 Å². The maximum Gasteiger partial charge on any atom is 0.254 e. The van der Waals surface area contributed by atoms with Crippen molar-refractivity contribution in [3.63, 3.8) is 0 Å². The Morgan fingerprint density at radius 1 is 1.17 bits per heavy atom. The molecule has 4 aliphatic rings. The predicted octanol–water partition coefficient (Wildman–Crippen LogP) is 1.16. The Bertz CT molecular complexity index is 796. The van der Waals surface area contributed by atoms with Gasteiger partial charge in [0.2, 0.25) is 6.79 Å². The van der Waals surface area contributed by atoms with Gasteiger partial charge in [0.25, 0.3) is 5.91 Å². The van der Waals surface area contributed by atoms with Crippen LogP contribution in [0.5, 0.6) is 17.2 Å². The molecule has 0 spiro atoms. The number of ether oxygens (including phenoxy) is 4. The number of rotatable bonds is 4. The zero-order valence-electron chi connectivity index (χ0n) is 17.3. The predicted molar refractivity (Wildman–Crippen MR) is 108 cm³/mol. The van der Waals surface area contributed by atoms with Crippen molar-refractivity contribution in [2.75, 3.05) is 40.1 Å². The van der Waals surface area contributed by atoms with Gasteiger partial charge in [-0.2, -0.15) is 0 Å². The van der Waals surface area contributed by atoms with E-state index in [4.69, 9.17) is 18.9 Å². The molecule has 164 valence electrons. The van der Waals surface area contributed by atoms with E-state index in [1.54, 1.807) is 7.11 Å². The average Bonchev–Trinajstić information content (AvgIpc) is 3.40. The van der Waals surface area contributed by atoms with Crippen molar-refractivity contribution in [2.45, 2.75) is 43.5 Å². The van der Waals surface area contributed by atoms with E-state index in [0.29, 0.717) is 61.4 Å². The van der Waals surface area contributed by atoms with Gasteiger partial charge in [-0.05, 0) is 62.7 Å². The number of benzene rings is 1. The van der Waals surface area contributed by atoms with Crippen molar-refractivity contribution in [1.82, 2.24) is 10.2 Å². The van der Waals surface area contributed by atoms with Gasteiger partial charge in [-0.3, -0.25) is 4.79 Å². The third-order valence-electron chi connectivity index (χ3n) is 7.20. The molecule has 1 aliphatic carbocycles. The molecule has 0 unspecified atom stereocenters. The first-order valence-corrected chi connectivity index (χ1v) is 10.9. The Labute approximate surface area is 176 Å². The molecule has 8 nitrogen and oxygen atoms in total. The number of nitrogens with one attached hydrogen (secondary N) is 1. The fourth-order valence-corrected chi connectivity index (χ4v) is 5.43. The van der Waals surface area contributed by atoms with Crippen LogP contribution in [0.25, 0.3) is 0 Å². The van der Waals surface area contributed by atoms with Crippen LogP contribution in [0, 0.1) is 11.8 Å². The monoisotopic (exact) mass is 418 g/mol. The minimum atomic E-state index is -0.709. The van der Waals surface area contributed by atoms with Gasteiger partial charge in [-0.25, -0.2) is 0 Å². The minimum absolute atomic E-state index is 0.101. The number of carbonyl (C=O) groups is 1. The lowest BCUT2D eigenvalue weighted by Crippen LogP contribution is -2.55. The number of nitrogens with zero attached hydrogens (tertiary/aromatic N) is 1. The van der Waals surface area contributed by atoms with E-state index in [1.165, 1.54) is 0 Å². The third-order valence-corrected chi connectivity index (χ3v) is 7.20. The molecule has 1 amide bonds.